The Balaban J connectivity index is 2.03. The molecule has 2 aliphatic rings. The number of hydrogen-bond donors (Lipinski definition) is 1. The number of unbranched alkanes of at least 4 members (excludes halogenated alkanes) is 1. The van der Waals surface area contributed by atoms with Gasteiger partial charge >= 0.3 is 6.09 Å². The van der Waals surface area contributed by atoms with Gasteiger partial charge in [-0.3, -0.25) is 4.90 Å². The fraction of sp³-hybridized carbons (Fsp3) is 0.929. The van der Waals surface area contributed by atoms with Crippen LogP contribution in [0.2, 0.25) is 0 Å². The molecule has 3 atom stereocenters. The zero-order valence-corrected chi connectivity index (χ0v) is 11.3. The number of rotatable bonds is 6. The van der Waals surface area contributed by atoms with Crippen LogP contribution in [-0.4, -0.2) is 41.4 Å². The summed E-state index contributed by atoms with van der Waals surface area (Å²) in [6.07, 6.45) is 7.47. The van der Waals surface area contributed by atoms with Gasteiger partial charge in [0, 0.05) is 12.6 Å². The minimum Gasteiger partial charge on any atom is -0.447 e. The quantitative estimate of drug-likeness (QED) is 0.793. The van der Waals surface area contributed by atoms with Gasteiger partial charge in [-0.2, -0.15) is 0 Å². The molecule has 0 aromatic carbocycles. The molecule has 1 N–H and O–H groups in total. The van der Waals surface area contributed by atoms with Crippen molar-refractivity contribution in [2.75, 3.05) is 13.2 Å². The highest BCUT2D eigenvalue weighted by Crippen LogP contribution is 2.36. The third-order valence-corrected chi connectivity index (χ3v) is 4.36. The third kappa shape index (κ3) is 2.79. The standard InChI is InChI=1S/C14H25NO3/c1-2-3-5-11-7-8-12-10-18-14(17)15(12)13(11)6-4-9-16/h11-13,16H,2-10H2,1H3/t11-,12-,13+/m0/s1. The Morgan fingerprint density at radius 2 is 2.17 bits per heavy atom. The summed E-state index contributed by atoms with van der Waals surface area (Å²) in [4.78, 5) is 13.8. The van der Waals surface area contributed by atoms with Crippen LogP contribution in [0.25, 0.3) is 0 Å². The summed E-state index contributed by atoms with van der Waals surface area (Å²) in [5.74, 6) is 0.596. The van der Waals surface area contributed by atoms with Crippen LogP contribution in [-0.2, 0) is 4.74 Å². The third-order valence-electron chi connectivity index (χ3n) is 4.36. The van der Waals surface area contributed by atoms with E-state index in [1.807, 2.05) is 4.90 Å². The molecule has 0 aliphatic carbocycles. The first-order chi connectivity index (χ1) is 8.77. The molecule has 104 valence electrons. The minimum absolute atomic E-state index is 0.135. The number of cyclic esters (lactones) is 1. The zero-order chi connectivity index (χ0) is 13.0. The molecule has 0 bridgehead atoms. The monoisotopic (exact) mass is 255 g/mol. The molecule has 2 fully saturated rings. The Bertz CT molecular complexity index is 282. The molecule has 4 heteroatoms. The molecule has 4 nitrogen and oxygen atoms in total. The van der Waals surface area contributed by atoms with Crippen molar-refractivity contribution in [1.82, 2.24) is 4.90 Å². The molecule has 18 heavy (non-hydrogen) atoms. The van der Waals surface area contributed by atoms with Crippen LogP contribution in [0.1, 0.15) is 51.9 Å². The van der Waals surface area contributed by atoms with E-state index in [1.165, 1.54) is 25.7 Å². The van der Waals surface area contributed by atoms with Gasteiger partial charge in [-0.05, 0) is 38.0 Å². The summed E-state index contributed by atoms with van der Waals surface area (Å²) < 4.78 is 5.19. The van der Waals surface area contributed by atoms with Gasteiger partial charge in [0.25, 0.3) is 0 Å². The Morgan fingerprint density at radius 3 is 2.89 bits per heavy atom. The number of nitrogens with zero attached hydrogens (tertiary/aromatic N) is 1. The van der Waals surface area contributed by atoms with E-state index in [0.717, 1.165) is 19.3 Å². The van der Waals surface area contributed by atoms with E-state index >= 15 is 0 Å². The SMILES string of the molecule is CCCC[C@H]1CC[C@H]2COC(=O)N2[C@@H]1CCCO. The lowest BCUT2D eigenvalue weighted by atomic mass is 9.81. The normalized spacial score (nSPS) is 31.3. The summed E-state index contributed by atoms with van der Waals surface area (Å²) in [5, 5.41) is 9.03. The van der Waals surface area contributed by atoms with E-state index in [4.69, 9.17) is 9.84 Å². The van der Waals surface area contributed by atoms with Crippen molar-refractivity contribution in [2.24, 2.45) is 5.92 Å². The molecular weight excluding hydrogens is 230 g/mol. The van der Waals surface area contributed by atoms with Crippen molar-refractivity contribution < 1.29 is 14.6 Å². The number of aliphatic hydroxyl groups is 1. The van der Waals surface area contributed by atoms with Gasteiger partial charge in [0.2, 0.25) is 0 Å². The molecule has 0 aromatic rings. The van der Waals surface area contributed by atoms with Gasteiger partial charge in [-0.25, -0.2) is 4.79 Å². The Hall–Kier alpha value is -0.770. The average molecular weight is 255 g/mol. The lowest BCUT2D eigenvalue weighted by Crippen LogP contribution is -2.50. The van der Waals surface area contributed by atoms with Crippen LogP contribution in [0.4, 0.5) is 4.79 Å². The molecule has 2 saturated heterocycles. The summed E-state index contributed by atoms with van der Waals surface area (Å²) in [5.41, 5.74) is 0. The maximum Gasteiger partial charge on any atom is 0.410 e. The highest BCUT2D eigenvalue weighted by atomic mass is 16.6. The Labute approximate surface area is 109 Å². The second kappa shape index (κ2) is 6.41. The van der Waals surface area contributed by atoms with Gasteiger partial charge in [0.1, 0.15) is 6.61 Å². The molecule has 0 spiro atoms. The number of fused-ring (bicyclic) bond motifs is 1. The highest BCUT2D eigenvalue weighted by molar-refractivity contribution is 5.70. The van der Waals surface area contributed by atoms with E-state index in [-0.39, 0.29) is 18.7 Å². The molecule has 1 amide bonds. The highest BCUT2D eigenvalue weighted by Gasteiger charge is 2.44. The predicted octanol–water partition coefficient (Wildman–Crippen LogP) is 2.55. The number of hydrogen-bond acceptors (Lipinski definition) is 3. The average Bonchev–Trinajstić information content (AvgIpc) is 2.76. The first-order valence-corrected chi connectivity index (χ1v) is 7.33. The van der Waals surface area contributed by atoms with Crippen LogP contribution >= 0.6 is 0 Å². The molecule has 2 aliphatic heterocycles. The number of ether oxygens (including phenoxy) is 1. The summed E-state index contributed by atoms with van der Waals surface area (Å²) >= 11 is 0. The Kier molecular flexibility index (Phi) is 4.87. The van der Waals surface area contributed by atoms with E-state index in [9.17, 15) is 4.79 Å². The van der Waals surface area contributed by atoms with E-state index < -0.39 is 0 Å². The van der Waals surface area contributed by atoms with E-state index in [2.05, 4.69) is 6.92 Å². The maximum atomic E-state index is 11.8. The second-order valence-corrected chi connectivity index (χ2v) is 5.55. The molecule has 0 aromatic heterocycles. The maximum absolute atomic E-state index is 11.8. The summed E-state index contributed by atoms with van der Waals surface area (Å²) in [6, 6.07) is 0.580. The molecular formula is C14H25NO3. The van der Waals surface area contributed by atoms with Crippen LogP contribution in [0, 0.1) is 5.92 Å². The largest absolute Gasteiger partial charge is 0.447 e. The van der Waals surface area contributed by atoms with Crippen molar-refractivity contribution in [3.05, 3.63) is 0 Å². The van der Waals surface area contributed by atoms with Crippen molar-refractivity contribution in [3.63, 3.8) is 0 Å². The lowest BCUT2D eigenvalue weighted by molar-refractivity contribution is 0.0776. The predicted molar refractivity (Wildman–Crippen MR) is 69.3 cm³/mol. The Morgan fingerprint density at radius 1 is 1.33 bits per heavy atom. The second-order valence-electron chi connectivity index (χ2n) is 5.55. The number of piperidine rings is 1. The van der Waals surface area contributed by atoms with E-state index in [0.29, 0.717) is 18.6 Å². The van der Waals surface area contributed by atoms with Crippen LogP contribution in [0.3, 0.4) is 0 Å². The van der Waals surface area contributed by atoms with Crippen LogP contribution in [0.15, 0.2) is 0 Å². The molecule has 0 radical (unpaired) electrons. The molecule has 0 saturated carbocycles. The first-order valence-electron chi connectivity index (χ1n) is 7.33. The van der Waals surface area contributed by atoms with Gasteiger partial charge in [0.15, 0.2) is 0 Å². The van der Waals surface area contributed by atoms with Crippen LogP contribution < -0.4 is 0 Å². The van der Waals surface area contributed by atoms with Crippen LogP contribution in [0.5, 0.6) is 0 Å². The minimum atomic E-state index is -0.135. The van der Waals surface area contributed by atoms with Crippen molar-refractivity contribution >= 4 is 6.09 Å². The fourth-order valence-corrected chi connectivity index (χ4v) is 3.40. The van der Waals surface area contributed by atoms with Gasteiger partial charge in [-0.1, -0.05) is 19.8 Å². The lowest BCUT2D eigenvalue weighted by Gasteiger charge is -2.41. The molecule has 2 heterocycles. The fourth-order valence-electron chi connectivity index (χ4n) is 3.40. The zero-order valence-electron chi connectivity index (χ0n) is 11.3. The van der Waals surface area contributed by atoms with Gasteiger partial charge in [0.05, 0.1) is 6.04 Å². The number of carbonyl (C=O) groups is 1. The van der Waals surface area contributed by atoms with Gasteiger partial charge < -0.3 is 9.84 Å². The van der Waals surface area contributed by atoms with E-state index in [1.54, 1.807) is 0 Å². The number of amides is 1. The number of carbonyl (C=O) groups excluding carboxylic acids is 1. The molecule has 2 rings (SSSR count). The first kappa shape index (κ1) is 13.7. The van der Waals surface area contributed by atoms with Crippen molar-refractivity contribution in [2.45, 2.75) is 64.0 Å². The van der Waals surface area contributed by atoms with Crippen molar-refractivity contribution in [3.8, 4) is 0 Å². The smallest absolute Gasteiger partial charge is 0.410 e. The summed E-state index contributed by atoms with van der Waals surface area (Å²) in [6.45, 7) is 2.98. The summed E-state index contributed by atoms with van der Waals surface area (Å²) in [7, 11) is 0. The van der Waals surface area contributed by atoms with Crippen molar-refractivity contribution in [1.29, 1.82) is 0 Å². The molecule has 0 unspecified atom stereocenters. The number of aliphatic hydroxyl groups excluding tert-OH is 1. The van der Waals surface area contributed by atoms with Gasteiger partial charge in [-0.15, -0.1) is 0 Å². The topological polar surface area (TPSA) is 49.8 Å².